The van der Waals surface area contributed by atoms with E-state index in [0.29, 0.717) is 27.4 Å². The Labute approximate surface area is 153 Å². The van der Waals surface area contributed by atoms with Crippen LogP contribution in [0.3, 0.4) is 0 Å². The van der Waals surface area contributed by atoms with Gasteiger partial charge in [-0.1, -0.05) is 23.7 Å². The molecule has 3 rings (SSSR count). The zero-order chi connectivity index (χ0) is 18.8. The number of methoxy groups -OCH3 is 1. The molecule has 0 saturated carbocycles. The van der Waals surface area contributed by atoms with Crippen LogP contribution >= 0.6 is 11.6 Å². The Kier molecular flexibility index (Phi) is 4.73. The summed E-state index contributed by atoms with van der Waals surface area (Å²) in [5.74, 6) is -1.07. The molecule has 0 unspecified atom stereocenters. The van der Waals surface area contributed by atoms with E-state index in [-0.39, 0.29) is 16.9 Å². The van der Waals surface area contributed by atoms with E-state index >= 15 is 0 Å². The number of nitrogens with zero attached hydrogens (tertiary/aromatic N) is 2. The van der Waals surface area contributed by atoms with Gasteiger partial charge in [0.1, 0.15) is 11.6 Å². The number of hydrogen-bond donors (Lipinski definition) is 2. The number of guanidine groups is 1. The third-order valence-electron chi connectivity index (χ3n) is 3.75. The number of aromatic nitrogens is 1. The van der Waals surface area contributed by atoms with Gasteiger partial charge in [0.2, 0.25) is 0 Å². The standard InChI is InChI=1S/C18H14ClFN4O2/c1-26-14-4-2-3-12(19)15(14)16-11-7-9(17(25)24-18(21)22)5-6-10(11)13(20)8-23-16/h2-8H,1H3,(H4,21,22,24,25). The maximum absolute atomic E-state index is 14.2. The fourth-order valence-electron chi connectivity index (χ4n) is 2.63. The van der Waals surface area contributed by atoms with E-state index in [1.165, 1.54) is 25.3 Å². The minimum Gasteiger partial charge on any atom is -0.496 e. The van der Waals surface area contributed by atoms with E-state index in [4.69, 9.17) is 27.8 Å². The summed E-state index contributed by atoms with van der Waals surface area (Å²) in [6.45, 7) is 0. The summed E-state index contributed by atoms with van der Waals surface area (Å²) in [5.41, 5.74) is 11.6. The molecule has 0 atom stereocenters. The maximum Gasteiger partial charge on any atom is 0.280 e. The highest BCUT2D eigenvalue weighted by Gasteiger charge is 2.18. The second kappa shape index (κ2) is 6.97. The Morgan fingerprint density at radius 1 is 1.23 bits per heavy atom. The average Bonchev–Trinajstić information content (AvgIpc) is 2.61. The van der Waals surface area contributed by atoms with Gasteiger partial charge in [0.25, 0.3) is 5.91 Å². The first-order valence-electron chi connectivity index (χ1n) is 7.47. The number of halogens is 2. The third-order valence-corrected chi connectivity index (χ3v) is 4.06. The molecule has 26 heavy (non-hydrogen) atoms. The second-order valence-corrected chi connectivity index (χ2v) is 5.78. The molecule has 0 saturated heterocycles. The van der Waals surface area contributed by atoms with Crippen molar-refractivity contribution >= 4 is 34.2 Å². The summed E-state index contributed by atoms with van der Waals surface area (Å²) in [4.78, 5) is 19.8. The lowest BCUT2D eigenvalue weighted by Gasteiger charge is -2.13. The van der Waals surface area contributed by atoms with Gasteiger partial charge in [0, 0.05) is 16.3 Å². The van der Waals surface area contributed by atoms with E-state index in [2.05, 4.69) is 9.98 Å². The molecule has 132 valence electrons. The van der Waals surface area contributed by atoms with Crippen molar-refractivity contribution in [1.29, 1.82) is 0 Å². The monoisotopic (exact) mass is 372 g/mol. The van der Waals surface area contributed by atoms with E-state index in [1.807, 2.05) is 0 Å². The Balaban J connectivity index is 2.32. The highest BCUT2D eigenvalue weighted by Crippen LogP contribution is 2.39. The summed E-state index contributed by atoms with van der Waals surface area (Å²) in [5, 5.41) is 1.04. The summed E-state index contributed by atoms with van der Waals surface area (Å²) >= 11 is 6.32. The van der Waals surface area contributed by atoms with Crippen molar-refractivity contribution < 1.29 is 13.9 Å². The summed E-state index contributed by atoms with van der Waals surface area (Å²) in [6, 6.07) is 9.49. The van der Waals surface area contributed by atoms with Gasteiger partial charge >= 0.3 is 0 Å². The number of carbonyl (C=O) groups excluding carboxylic acids is 1. The number of benzene rings is 2. The predicted octanol–water partition coefficient (Wildman–Crippen LogP) is 3.12. The molecule has 0 spiro atoms. The number of hydrogen-bond acceptors (Lipinski definition) is 3. The number of ether oxygens (including phenoxy) is 1. The molecular weight excluding hydrogens is 359 g/mol. The van der Waals surface area contributed by atoms with E-state index in [9.17, 15) is 9.18 Å². The van der Waals surface area contributed by atoms with Crippen molar-refractivity contribution in [3.05, 3.63) is 59.0 Å². The van der Waals surface area contributed by atoms with Crippen LogP contribution in [0, 0.1) is 5.82 Å². The SMILES string of the molecule is COc1cccc(Cl)c1-c1ncc(F)c2ccc(C(=O)N=C(N)N)cc12. The molecule has 2 aromatic carbocycles. The van der Waals surface area contributed by atoms with Crippen molar-refractivity contribution in [1.82, 2.24) is 4.98 Å². The lowest BCUT2D eigenvalue weighted by Crippen LogP contribution is -2.24. The second-order valence-electron chi connectivity index (χ2n) is 5.37. The number of aliphatic imine (C=N–C) groups is 1. The predicted molar refractivity (Wildman–Crippen MR) is 98.8 cm³/mol. The highest BCUT2D eigenvalue weighted by atomic mass is 35.5. The summed E-state index contributed by atoms with van der Waals surface area (Å²) < 4.78 is 19.6. The summed E-state index contributed by atoms with van der Waals surface area (Å²) in [6.07, 6.45) is 1.10. The molecule has 0 radical (unpaired) electrons. The lowest BCUT2D eigenvalue weighted by molar-refractivity contribution is 0.100. The molecule has 4 N–H and O–H groups in total. The van der Waals surface area contributed by atoms with E-state index in [0.717, 1.165) is 6.20 Å². The van der Waals surface area contributed by atoms with Gasteiger partial charge in [-0.3, -0.25) is 9.78 Å². The Morgan fingerprint density at radius 3 is 2.69 bits per heavy atom. The molecule has 6 nitrogen and oxygen atoms in total. The highest BCUT2D eigenvalue weighted by molar-refractivity contribution is 6.34. The molecule has 3 aromatic rings. The van der Waals surface area contributed by atoms with Crippen LogP contribution in [0.1, 0.15) is 10.4 Å². The maximum atomic E-state index is 14.2. The average molecular weight is 373 g/mol. The molecule has 8 heteroatoms. The van der Waals surface area contributed by atoms with Crippen molar-refractivity contribution in [3.63, 3.8) is 0 Å². The largest absolute Gasteiger partial charge is 0.496 e. The minimum absolute atomic E-state index is 0.186. The topological polar surface area (TPSA) is 104 Å². The van der Waals surface area contributed by atoms with E-state index < -0.39 is 11.7 Å². The van der Waals surface area contributed by atoms with Crippen LogP contribution in [-0.4, -0.2) is 24.0 Å². The molecule has 0 aliphatic heterocycles. The third kappa shape index (κ3) is 3.16. The Morgan fingerprint density at radius 2 is 2.00 bits per heavy atom. The number of carbonyl (C=O) groups is 1. The first-order chi connectivity index (χ1) is 12.4. The molecule has 0 aliphatic rings. The number of pyridine rings is 1. The fraction of sp³-hybridized carbons (Fsp3) is 0.0556. The molecule has 1 aromatic heterocycles. The number of amides is 1. The Bertz CT molecular complexity index is 1050. The van der Waals surface area contributed by atoms with Crippen LogP contribution in [-0.2, 0) is 0 Å². The van der Waals surface area contributed by atoms with E-state index in [1.54, 1.807) is 18.2 Å². The van der Waals surface area contributed by atoms with Crippen LogP contribution < -0.4 is 16.2 Å². The van der Waals surface area contributed by atoms with Crippen LogP contribution in [0.4, 0.5) is 4.39 Å². The Hall–Kier alpha value is -3.19. The molecule has 1 amide bonds. The van der Waals surface area contributed by atoms with Gasteiger partial charge in [-0.05, 0) is 24.3 Å². The first-order valence-corrected chi connectivity index (χ1v) is 7.85. The van der Waals surface area contributed by atoms with Crippen molar-refractivity contribution in [3.8, 4) is 17.0 Å². The quantitative estimate of drug-likeness (QED) is 0.543. The van der Waals surface area contributed by atoms with Crippen LogP contribution in [0.15, 0.2) is 47.6 Å². The molecule has 0 aliphatic carbocycles. The fourth-order valence-corrected chi connectivity index (χ4v) is 2.88. The first kappa shape index (κ1) is 17.6. The minimum atomic E-state index is -0.645. The van der Waals surface area contributed by atoms with Gasteiger partial charge in [0.15, 0.2) is 5.96 Å². The van der Waals surface area contributed by atoms with Gasteiger partial charge in [-0.2, -0.15) is 4.99 Å². The number of rotatable bonds is 3. The normalized spacial score (nSPS) is 10.6. The zero-order valence-corrected chi connectivity index (χ0v) is 14.4. The van der Waals surface area contributed by atoms with Crippen LogP contribution in [0.25, 0.3) is 22.0 Å². The van der Waals surface area contributed by atoms with Crippen LogP contribution in [0.5, 0.6) is 5.75 Å². The van der Waals surface area contributed by atoms with Gasteiger partial charge in [-0.15, -0.1) is 0 Å². The number of fused-ring (bicyclic) bond motifs is 1. The van der Waals surface area contributed by atoms with Crippen molar-refractivity contribution in [2.75, 3.05) is 7.11 Å². The molecule has 0 bridgehead atoms. The van der Waals surface area contributed by atoms with Crippen molar-refractivity contribution in [2.45, 2.75) is 0 Å². The van der Waals surface area contributed by atoms with Crippen LogP contribution in [0.2, 0.25) is 5.02 Å². The number of nitrogens with two attached hydrogens (primary N) is 2. The van der Waals surface area contributed by atoms with Gasteiger partial charge < -0.3 is 16.2 Å². The zero-order valence-electron chi connectivity index (χ0n) is 13.7. The van der Waals surface area contributed by atoms with Crippen molar-refractivity contribution in [2.24, 2.45) is 16.5 Å². The van der Waals surface area contributed by atoms with Gasteiger partial charge in [0.05, 0.1) is 29.6 Å². The summed E-state index contributed by atoms with van der Waals surface area (Å²) in [7, 11) is 1.49. The smallest absolute Gasteiger partial charge is 0.280 e. The molecule has 1 heterocycles. The van der Waals surface area contributed by atoms with Gasteiger partial charge in [-0.25, -0.2) is 4.39 Å². The molecule has 0 fully saturated rings. The molecular formula is C18H14ClFN4O2. The lowest BCUT2D eigenvalue weighted by atomic mass is 10.0.